The Morgan fingerprint density at radius 3 is 1.32 bits per heavy atom. The molecule has 31 heavy (non-hydrogen) atoms. The van der Waals surface area contributed by atoms with Crippen LogP contribution in [0.25, 0.3) is 22.3 Å². The highest BCUT2D eigenvalue weighted by molar-refractivity contribution is 5.74. The third kappa shape index (κ3) is 8.40. The maximum atomic E-state index is 13.4. The maximum Gasteiger partial charge on any atom is 0.123 e. The highest BCUT2D eigenvalue weighted by Gasteiger charge is 2.13. The van der Waals surface area contributed by atoms with Gasteiger partial charge in [-0.15, -0.1) is 0 Å². The topological polar surface area (TPSA) is 55.3 Å². The van der Waals surface area contributed by atoms with Crippen LogP contribution in [-0.4, -0.2) is 13.1 Å². The molecule has 0 atom stereocenters. The number of benzene rings is 3. The van der Waals surface area contributed by atoms with Crippen molar-refractivity contribution in [2.24, 2.45) is 5.92 Å². The van der Waals surface area contributed by atoms with Crippen molar-refractivity contribution < 1.29 is 57.5 Å². The zero-order valence-corrected chi connectivity index (χ0v) is 19.5. The van der Waals surface area contributed by atoms with Gasteiger partial charge >= 0.3 is 0 Å². The van der Waals surface area contributed by atoms with E-state index in [0.717, 1.165) is 54.6 Å². The van der Waals surface area contributed by atoms with Gasteiger partial charge < -0.3 is 48.7 Å². The van der Waals surface area contributed by atoms with E-state index in [1.165, 1.54) is 29.8 Å². The van der Waals surface area contributed by atoms with Gasteiger partial charge in [0.15, 0.2) is 0 Å². The van der Waals surface area contributed by atoms with Gasteiger partial charge in [-0.3, -0.25) is 0 Å². The van der Waals surface area contributed by atoms with Crippen molar-refractivity contribution in [3.8, 4) is 22.3 Å². The quantitative estimate of drug-likeness (QED) is 0.318. The van der Waals surface area contributed by atoms with Crippen LogP contribution >= 0.6 is 0 Å². The SMILES string of the molecule is [Cl-].[Cl-].[Cl-].[NH3+]CCC(CC[NH3+])Cc1cc(-c2ccc(F)cc2)cc(-c2ccc(F)cc2)c1. The Bertz CT molecular complexity index is 834. The van der Waals surface area contributed by atoms with Crippen LogP contribution in [0.2, 0.25) is 0 Å². The molecular weight excluding hydrogens is 461 g/mol. The first-order valence-electron chi connectivity index (χ1n) is 9.83. The normalized spacial score (nSPS) is 10.1. The fourth-order valence-electron chi connectivity index (χ4n) is 3.69. The summed E-state index contributed by atoms with van der Waals surface area (Å²) in [6, 6.07) is 19.6. The van der Waals surface area contributed by atoms with Crippen molar-refractivity contribution in [1.82, 2.24) is 0 Å². The van der Waals surface area contributed by atoms with Gasteiger partial charge in [0.25, 0.3) is 0 Å². The van der Waals surface area contributed by atoms with E-state index in [-0.39, 0.29) is 48.9 Å². The Balaban J connectivity index is 0.00000300. The summed E-state index contributed by atoms with van der Waals surface area (Å²) in [4.78, 5) is 0. The standard InChI is InChI=1S/C24H26F2N2.3ClH/c25-23-5-1-19(2-6-23)21-14-18(13-17(9-11-27)10-12-28)15-22(16-21)20-3-7-24(26)8-4-20;;;/h1-8,14-17H,9-13,27-28H2;3*1H/p-1. The lowest BCUT2D eigenvalue weighted by Gasteiger charge is -2.16. The molecule has 0 radical (unpaired) electrons. The molecule has 0 bridgehead atoms. The number of halogens is 5. The van der Waals surface area contributed by atoms with Crippen molar-refractivity contribution in [2.45, 2.75) is 19.3 Å². The van der Waals surface area contributed by atoms with Crippen LogP contribution in [0.4, 0.5) is 8.78 Å². The van der Waals surface area contributed by atoms with Crippen LogP contribution in [-0.2, 0) is 6.42 Å². The van der Waals surface area contributed by atoms with E-state index in [2.05, 4.69) is 29.7 Å². The minimum Gasteiger partial charge on any atom is -1.00 e. The molecular formula is C24H28Cl3F2N2-. The molecule has 0 spiro atoms. The summed E-state index contributed by atoms with van der Waals surface area (Å²) < 4.78 is 26.7. The van der Waals surface area contributed by atoms with E-state index in [1.54, 1.807) is 24.3 Å². The van der Waals surface area contributed by atoms with Crippen LogP contribution in [0, 0.1) is 17.6 Å². The molecule has 3 aromatic carbocycles. The van der Waals surface area contributed by atoms with Gasteiger partial charge in [0.1, 0.15) is 11.6 Å². The highest BCUT2D eigenvalue weighted by Crippen LogP contribution is 2.30. The predicted molar refractivity (Wildman–Crippen MR) is 109 cm³/mol. The molecule has 0 unspecified atom stereocenters. The summed E-state index contributed by atoms with van der Waals surface area (Å²) in [6.07, 6.45) is 3.10. The van der Waals surface area contributed by atoms with Crippen molar-refractivity contribution >= 4 is 0 Å². The van der Waals surface area contributed by atoms with Crippen molar-refractivity contribution in [2.75, 3.05) is 13.1 Å². The monoisotopic (exact) mass is 487 g/mol. The molecule has 0 amide bonds. The van der Waals surface area contributed by atoms with Crippen molar-refractivity contribution in [3.63, 3.8) is 0 Å². The molecule has 3 rings (SSSR count). The fraction of sp³-hybridized carbons (Fsp3) is 0.250. The van der Waals surface area contributed by atoms with Crippen LogP contribution in [0.3, 0.4) is 0 Å². The molecule has 0 aromatic heterocycles. The van der Waals surface area contributed by atoms with Crippen LogP contribution in [0.1, 0.15) is 18.4 Å². The second kappa shape index (κ2) is 14.4. The average Bonchev–Trinajstić information content (AvgIpc) is 2.69. The first-order chi connectivity index (χ1) is 13.6. The Hall–Kier alpha value is -1.69. The van der Waals surface area contributed by atoms with E-state index in [0.29, 0.717) is 5.92 Å². The Morgan fingerprint density at radius 1 is 0.581 bits per heavy atom. The lowest BCUT2D eigenvalue weighted by molar-refractivity contribution is -0.377. The Kier molecular flexibility index (Phi) is 13.6. The molecule has 0 fully saturated rings. The summed E-state index contributed by atoms with van der Waals surface area (Å²) in [6.45, 7) is 1.82. The smallest absolute Gasteiger partial charge is 0.123 e. The molecule has 3 aromatic rings. The van der Waals surface area contributed by atoms with Gasteiger partial charge in [-0.1, -0.05) is 36.4 Å². The van der Waals surface area contributed by atoms with Gasteiger partial charge in [-0.05, 0) is 83.3 Å². The third-order valence-electron chi connectivity index (χ3n) is 5.10. The molecule has 0 aliphatic heterocycles. The summed E-state index contributed by atoms with van der Waals surface area (Å²) in [5.41, 5.74) is 13.3. The zero-order chi connectivity index (χ0) is 19.9. The van der Waals surface area contributed by atoms with Crippen LogP contribution in [0.15, 0.2) is 66.7 Å². The minimum absolute atomic E-state index is 0. The van der Waals surface area contributed by atoms with Crippen molar-refractivity contribution in [1.29, 1.82) is 0 Å². The van der Waals surface area contributed by atoms with Crippen molar-refractivity contribution in [3.05, 3.63) is 83.9 Å². The molecule has 0 heterocycles. The summed E-state index contributed by atoms with van der Waals surface area (Å²) in [5.74, 6) is 0.0498. The first-order valence-corrected chi connectivity index (χ1v) is 9.83. The molecule has 0 aliphatic rings. The Morgan fingerprint density at radius 2 is 0.968 bits per heavy atom. The van der Waals surface area contributed by atoms with Gasteiger partial charge in [0.05, 0.1) is 13.1 Å². The molecule has 0 saturated carbocycles. The van der Waals surface area contributed by atoms with Gasteiger partial charge in [0, 0.05) is 0 Å². The zero-order valence-electron chi connectivity index (χ0n) is 17.3. The van der Waals surface area contributed by atoms with E-state index < -0.39 is 0 Å². The van der Waals surface area contributed by atoms with E-state index in [4.69, 9.17) is 0 Å². The second-order valence-corrected chi connectivity index (χ2v) is 7.29. The number of hydrogen-bond acceptors (Lipinski definition) is 0. The predicted octanol–water partition coefficient (Wildman–Crippen LogP) is -5.27. The van der Waals surface area contributed by atoms with Crippen LogP contribution in [0.5, 0.6) is 0 Å². The molecule has 6 N–H and O–H groups in total. The lowest BCUT2D eigenvalue weighted by Crippen LogP contribution is -3.00. The van der Waals surface area contributed by atoms with Gasteiger partial charge in [-0.2, -0.15) is 0 Å². The summed E-state index contributed by atoms with van der Waals surface area (Å²) in [5, 5.41) is 0. The molecule has 170 valence electrons. The van der Waals surface area contributed by atoms with Crippen LogP contribution < -0.4 is 48.7 Å². The van der Waals surface area contributed by atoms with E-state index in [9.17, 15) is 8.78 Å². The summed E-state index contributed by atoms with van der Waals surface area (Å²) >= 11 is 0. The number of rotatable bonds is 8. The largest absolute Gasteiger partial charge is 1.00 e. The molecule has 7 heteroatoms. The van der Waals surface area contributed by atoms with E-state index in [1.807, 2.05) is 0 Å². The number of quaternary nitrogens is 2. The molecule has 0 aliphatic carbocycles. The third-order valence-corrected chi connectivity index (χ3v) is 5.10. The Labute approximate surface area is 201 Å². The maximum absolute atomic E-state index is 13.4. The molecule has 2 nitrogen and oxygen atoms in total. The second-order valence-electron chi connectivity index (χ2n) is 7.29. The average molecular weight is 489 g/mol. The highest BCUT2D eigenvalue weighted by atomic mass is 35.5. The fourth-order valence-corrected chi connectivity index (χ4v) is 3.69. The molecule has 0 saturated heterocycles. The van der Waals surface area contributed by atoms with Gasteiger partial charge in [0.2, 0.25) is 0 Å². The summed E-state index contributed by atoms with van der Waals surface area (Å²) in [7, 11) is 0. The number of hydrogen-bond donors (Lipinski definition) is 2. The van der Waals surface area contributed by atoms with E-state index >= 15 is 0 Å². The first kappa shape index (κ1) is 29.3. The lowest BCUT2D eigenvalue weighted by atomic mass is 9.89. The van der Waals surface area contributed by atoms with Gasteiger partial charge in [-0.25, -0.2) is 8.78 Å². The minimum atomic E-state index is -0.246.